The summed E-state index contributed by atoms with van der Waals surface area (Å²) in [7, 11) is -2.44. The lowest BCUT2D eigenvalue weighted by atomic mass is 10.1. The Morgan fingerprint density at radius 1 is 1.14 bits per heavy atom. The lowest BCUT2D eigenvalue weighted by molar-refractivity contribution is -0.129. The van der Waals surface area contributed by atoms with E-state index in [9.17, 15) is 22.4 Å². The van der Waals surface area contributed by atoms with E-state index in [2.05, 4.69) is 10.0 Å². The van der Waals surface area contributed by atoms with E-state index in [0.29, 0.717) is 13.0 Å². The molecule has 0 aromatic heterocycles. The van der Waals surface area contributed by atoms with Crippen LogP contribution >= 0.6 is 0 Å². The fourth-order valence-corrected chi connectivity index (χ4v) is 3.09. The van der Waals surface area contributed by atoms with Crippen LogP contribution in [-0.2, 0) is 26.0 Å². The van der Waals surface area contributed by atoms with Crippen molar-refractivity contribution in [3.05, 3.63) is 65.5 Å². The molecule has 7 nitrogen and oxygen atoms in total. The fraction of sp³-hybridized carbons (Fsp3) is 0.263. The molecule has 0 unspecified atom stereocenters. The van der Waals surface area contributed by atoms with Gasteiger partial charge in [0.25, 0.3) is 5.91 Å². The van der Waals surface area contributed by atoms with Crippen molar-refractivity contribution in [2.45, 2.75) is 24.3 Å². The minimum atomic E-state index is -3.70. The number of carbonyl (C=O) groups is 2. The molecular formula is C19H21FN2O5S. The summed E-state index contributed by atoms with van der Waals surface area (Å²) < 4.78 is 43.7. The number of hydrogen-bond acceptors (Lipinski definition) is 5. The molecule has 1 atom stereocenters. The number of carbonyl (C=O) groups excluding carboxylic acids is 2. The van der Waals surface area contributed by atoms with Crippen LogP contribution in [0.1, 0.15) is 22.8 Å². The molecule has 2 aromatic carbocycles. The van der Waals surface area contributed by atoms with E-state index < -0.39 is 28.0 Å². The average molecular weight is 408 g/mol. The summed E-state index contributed by atoms with van der Waals surface area (Å²) in [6, 6.07) is 11.2. The standard InChI is InChI=1S/C19H21FN2O5S/c1-13(18(23)22-11-10-14-6-8-16(20)9-7-14)27-19(24)15-4-3-5-17(12-15)28(25,26)21-2/h3-9,12-13,21H,10-11H2,1-2H3,(H,22,23)/t13-/m0/s1. The highest BCUT2D eigenvalue weighted by Gasteiger charge is 2.20. The molecule has 0 aliphatic heterocycles. The Balaban J connectivity index is 1.90. The maximum absolute atomic E-state index is 12.9. The van der Waals surface area contributed by atoms with Gasteiger partial charge in [-0.25, -0.2) is 22.3 Å². The first-order valence-corrected chi connectivity index (χ1v) is 9.98. The molecule has 0 bridgehead atoms. The molecule has 9 heteroatoms. The zero-order chi connectivity index (χ0) is 20.7. The highest BCUT2D eigenvalue weighted by molar-refractivity contribution is 7.89. The second-order valence-electron chi connectivity index (χ2n) is 5.95. The third-order valence-corrected chi connectivity index (χ3v) is 5.34. The van der Waals surface area contributed by atoms with Gasteiger partial charge in [-0.1, -0.05) is 18.2 Å². The van der Waals surface area contributed by atoms with Crippen LogP contribution in [0.3, 0.4) is 0 Å². The van der Waals surface area contributed by atoms with Gasteiger partial charge in [0, 0.05) is 6.54 Å². The molecule has 0 aliphatic rings. The smallest absolute Gasteiger partial charge is 0.338 e. The van der Waals surface area contributed by atoms with Crippen LogP contribution in [0.15, 0.2) is 53.4 Å². The van der Waals surface area contributed by atoms with Gasteiger partial charge in [-0.3, -0.25) is 4.79 Å². The van der Waals surface area contributed by atoms with Crippen LogP contribution in [-0.4, -0.2) is 40.0 Å². The summed E-state index contributed by atoms with van der Waals surface area (Å²) in [5.41, 5.74) is 0.871. The Labute approximate surface area is 163 Å². The third-order valence-electron chi connectivity index (χ3n) is 3.93. The number of esters is 1. The normalized spacial score (nSPS) is 12.2. The van der Waals surface area contributed by atoms with Crippen LogP contribution < -0.4 is 10.0 Å². The molecule has 0 heterocycles. The van der Waals surface area contributed by atoms with Crippen molar-refractivity contribution in [2.24, 2.45) is 0 Å². The Hall–Kier alpha value is -2.78. The monoisotopic (exact) mass is 408 g/mol. The van der Waals surface area contributed by atoms with Crippen molar-refractivity contribution in [3.8, 4) is 0 Å². The van der Waals surface area contributed by atoms with E-state index in [1.54, 1.807) is 12.1 Å². The fourth-order valence-electron chi connectivity index (χ4n) is 2.32. The number of rotatable bonds is 8. The topological polar surface area (TPSA) is 102 Å². The van der Waals surface area contributed by atoms with E-state index in [4.69, 9.17) is 4.74 Å². The zero-order valence-corrected chi connectivity index (χ0v) is 16.3. The van der Waals surface area contributed by atoms with Gasteiger partial charge in [0.15, 0.2) is 6.10 Å². The van der Waals surface area contributed by atoms with E-state index in [-0.39, 0.29) is 16.3 Å². The van der Waals surface area contributed by atoms with Crippen molar-refractivity contribution in [1.82, 2.24) is 10.0 Å². The average Bonchev–Trinajstić information content (AvgIpc) is 2.69. The van der Waals surface area contributed by atoms with Crippen LogP contribution in [0.5, 0.6) is 0 Å². The molecule has 0 spiro atoms. The predicted octanol–water partition coefficient (Wildman–Crippen LogP) is 1.64. The van der Waals surface area contributed by atoms with Crippen LogP contribution in [0.4, 0.5) is 4.39 Å². The number of ether oxygens (including phenoxy) is 1. The summed E-state index contributed by atoms with van der Waals surface area (Å²) in [4.78, 5) is 24.2. The summed E-state index contributed by atoms with van der Waals surface area (Å²) in [6.45, 7) is 1.71. The van der Waals surface area contributed by atoms with Gasteiger partial charge >= 0.3 is 5.97 Å². The lowest BCUT2D eigenvalue weighted by Crippen LogP contribution is -2.36. The van der Waals surface area contributed by atoms with E-state index in [1.165, 1.54) is 50.4 Å². The van der Waals surface area contributed by atoms with Gasteiger partial charge in [-0.05, 0) is 56.3 Å². The van der Waals surface area contributed by atoms with E-state index in [1.807, 2.05) is 0 Å². The molecule has 1 amide bonds. The van der Waals surface area contributed by atoms with Gasteiger partial charge in [-0.2, -0.15) is 0 Å². The molecule has 0 radical (unpaired) electrons. The highest BCUT2D eigenvalue weighted by Crippen LogP contribution is 2.13. The highest BCUT2D eigenvalue weighted by atomic mass is 32.2. The van der Waals surface area contributed by atoms with Crippen LogP contribution in [0.25, 0.3) is 0 Å². The quantitative estimate of drug-likeness (QED) is 0.647. The Morgan fingerprint density at radius 2 is 1.82 bits per heavy atom. The Kier molecular flexibility index (Phi) is 7.24. The molecule has 2 rings (SSSR count). The van der Waals surface area contributed by atoms with Crippen molar-refractivity contribution in [3.63, 3.8) is 0 Å². The number of hydrogen-bond donors (Lipinski definition) is 2. The second-order valence-corrected chi connectivity index (χ2v) is 7.84. The number of nitrogens with one attached hydrogen (secondary N) is 2. The molecule has 2 aromatic rings. The van der Waals surface area contributed by atoms with E-state index in [0.717, 1.165) is 5.56 Å². The maximum atomic E-state index is 12.9. The van der Waals surface area contributed by atoms with Crippen LogP contribution in [0, 0.1) is 5.82 Å². The van der Waals surface area contributed by atoms with Crippen molar-refractivity contribution < 1.29 is 27.1 Å². The molecule has 0 saturated heterocycles. The van der Waals surface area contributed by atoms with E-state index >= 15 is 0 Å². The number of halogens is 1. The minimum absolute atomic E-state index is 0.0160. The first-order valence-electron chi connectivity index (χ1n) is 8.49. The van der Waals surface area contributed by atoms with Crippen LogP contribution in [0.2, 0.25) is 0 Å². The number of sulfonamides is 1. The molecule has 0 fully saturated rings. The molecule has 0 saturated carbocycles. The molecular weight excluding hydrogens is 387 g/mol. The predicted molar refractivity (Wildman–Crippen MR) is 101 cm³/mol. The second kappa shape index (κ2) is 9.43. The summed E-state index contributed by atoms with van der Waals surface area (Å²) in [6.07, 6.45) is -0.568. The Morgan fingerprint density at radius 3 is 2.46 bits per heavy atom. The number of amides is 1. The molecule has 150 valence electrons. The maximum Gasteiger partial charge on any atom is 0.338 e. The summed E-state index contributed by atoms with van der Waals surface area (Å²) >= 11 is 0. The van der Waals surface area contributed by atoms with Gasteiger partial charge in [-0.15, -0.1) is 0 Å². The molecule has 0 aliphatic carbocycles. The molecule has 2 N–H and O–H groups in total. The van der Waals surface area contributed by atoms with Gasteiger partial charge in [0.1, 0.15) is 5.82 Å². The first kappa shape index (κ1) is 21.5. The van der Waals surface area contributed by atoms with Crippen molar-refractivity contribution in [2.75, 3.05) is 13.6 Å². The van der Waals surface area contributed by atoms with Crippen molar-refractivity contribution >= 4 is 21.9 Å². The SMILES string of the molecule is CNS(=O)(=O)c1cccc(C(=O)O[C@@H](C)C(=O)NCCc2ccc(F)cc2)c1. The van der Waals surface area contributed by atoms with Gasteiger partial charge in [0.05, 0.1) is 10.5 Å². The Bertz CT molecular complexity index is 945. The molecule has 28 heavy (non-hydrogen) atoms. The number of benzene rings is 2. The zero-order valence-electron chi connectivity index (χ0n) is 15.4. The van der Waals surface area contributed by atoms with Crippen molar-refractivity contribution in [1.29, 1.82) is 0 Å². The first-order chi connectivity index (χ1) is 13.2. The summed E-state index contributed by atoms with van der Waals surface area (Å²) in [5.74, 6) is -1.64. The van der Waals surface area contributed by atoms with Gasteiger partial charge in [0.2, 0.25) is 10.0 Å². The third kappa shape index (κ3) is 5.86. The lowest BCUT2D eigenvalue weighted by Gasteiger charge is -2.14. The van der Waals surface area contributed by atoms with Gasteiger partial charge < -0.3 is 10.1 Å². The largest absolute Gasteiger partial charge is 0.449 e. The minimum Gasteiger partial charge on any atom is -0.449 e. The summed E-state index contributed by atoms with van der Waals surface area (Å²) in [5, 5.41) is 2.63.